The first-order chi connectivity index (χ1) is 10.3. The van der Waals surface area contributed by atoms with Crippen LogP contribution in [-0.2, 0) is 23.8 Å². The molecule has 1 aromatic heterocycles. The van der Waals surface area contributed by atoms with Gasteiger partial charge in [0, 0.05) is 26.1 Å². The topological polar surface area (TPSA) is 117 Å². The van der Waals surface area contributed by atoms with Gasteiger partial charge in [-0.15, -0.1) is 0 Å². The molecule has 2 heterocycles. The molecule has 9 nitrogen and oxygen atoms in total. The maximum absolute atomic E-state index is 11.9. The number of hydrogen-bond donors (Lipinski definition) is 1. The van der Waals surface area contributed by atoms with Gasteiger partial charge in [0.05, 0.1) is 6.10 Å². The minimum atomic E-state index is -1.01. The number of H-pyrrole nitrogens is 1. The molecule has 0 spiro atoms. The average Bonchev–Trinajstić information content (AvgIpc) is 2.66. The monoisotopic (exact) mass is 312 g/mol. The lowest BCUT2D eigenvalue weighted by Gasteiger charge is -2.23. The highest BCUT2D eigenvalue weighted by Gasteiger charge is 2.48. The highest BCUT2D eigenvalue weighted by atomic mass is 16.6. The van der Waals surface area contributed by atoms with Gasteiger partial charge in [-0.05, 0) is 6.92 Å². The van der Waals surface area contributed by atoms with Crippen molar-refractivity contribution in [3.63, 3.8) is 0 Å². The zero-order valence-corrected chi connectivity index (χ0v) is 12.3. The Hall–Kier alpha value is -2.42. The number of nitrogens with one attached hydrogen (secondary N) is 1. The lowest BCUT2D eigenvalue weighted by Crippen LogP contribution is -2.41. The smallest absolute Gasteiger partial charge is 0.330 e. The molecule has 0 saturated carbocycles. The summed E-state index contributed by atoms with van der Waals surface area (Å²) in [5.41, 5.74) is -1.28. The molecule has 0 bridgehead atoms. The van der Waals surface area contributed by atoms with Crippen LogP contribution in [0.1, 0.15) is 27.0 Å². The number of carbonyl (C=O) groups excluding carboxylic acids is 2. The van der Waals surface area contributed by atoms with Gasteiger partial charge in [-0.1, -0.05) is 0 Å². The molecule has 0 aliphatic carbocycles. The van der Waals surface area contributed by atoms with Gasteiger partial charge in [0.1, 0.15) is 0 Å². The fourth-order valence-electron chi connectivity index (χ4n) is 2.33. The van der Waals surface area contributed by atoms with Crippen molar-refractivity contribution in [2.45, 2.75) is 45.3 Å². The summed E-state index contributed by atoms with van der Waals surface area (Å²) in [4.78, 5) is 47.6. The van der Waals surface area contributed by atoms with E-state index in [9.17, 15) is 19.2 Å². The zero-order valence-electron chi connectivity index (χ0n) is 12.3. The Kier molecular flexibility index (Phi) is 4.45. The number of aromatic amines is 1. The van der Waals surface area contributed by atoms with E-state index in [4.69, 9.17) is 14.2 Å². The Bertz CT molecular complexity index is 692. The number of aromatic nitrogens is 2. The van der Waals surface area contributed by atoms with E-state index < -0.39 is 47.7 Å². The third-order valence-corrected chi connectivity index (χ3v) is 3.15. The van der Waals surface area contributed by atoms with Gasteiger partial charge in [-0.2, -0.15) is 0 Å². The molecule has 1 saturated heterocycles. The maximum atomic E-state index is 11.9. The third kappa shape index (κ3) is 3.25. The molecule has 1 aromatic rings. The average molecular weight is 312 g/mol. The molecule has 1 aliphatic rings. The third-order valence-electron chi connectivity index (χ3n) is 3.15. The second-order valence-electron chi connectivity index (χ2n) is 4.90. The van der Waals surface area contributed by atoms with Gasteiger partial charge in [0.25, 0.3) is 5.56 Å². The fourth-order valence-corrected chi connectivity index (χ4v) is 2.33. The Morgan fingerprint density at radius 2 is 1.77 bits per heavy atom. The maximum Gasteiger partial charge on any atom is 0.330 e. The van der Waals surface area contributed by atoms with Gasteiger partial charge in [-0.3, -0.25) is 23.9 Å². The number of hydrogen-bond acceptors (Lipinski definition) is 7. The molecule has 120 valence electrons. The molecule has 0 unspecified atom stereocenters. The van der Waals surface area contributed by atoms with Crippen molar-refractivity contribution in [2.75, 3.05) is 0 Å². The van der Waals surface area contributed by atoms with Gasteiger partial charge in [0.15, 0.2) is 18.4 Å². The number of rotatable bonds is 3. The summed E-state index contributed by atoms with van der Waals surface area (Å²) < 4.78 is 16.9. The minimum absolute atomic E-state index is 0.562. The van der Waals surface area contributed by atoms with Crippen LogP contribution in [0.3, 0.4) is 0 Å². The first-order valence-electron chi connectivity index (χ1n) is 6.61. The van der Waals surface area contributed by atoms with Crippen molar-refractivity contribution in [1.82, 2.24) is 9.55 Å². The van der Waals surface area contributed by atoms with E-state index in [0.29, 0.717) is 0 Å². The van der Waals surface area contributed by atoms with Crippen LogP contribution in [0.4, 0.5) is 0 Å². The number of nitrogens with zero attached hydrogens (tertiary/aromatic N) is 1. The lowest BCUT2D eigenvalue weighted by atomic mass is 10.1. The van der Waals surface area contributed by atoms with Crippen molar-refractivity contribution in [1.29, 1.82) is 0 Å². The summed E-state index contributed by atoms with van der Waals surface area (Å²) in [6, 6.07) is 1.14. The highest BCUT2D eigenvalue weighted by Crippen LogP contribution is 2.32. The van der Waals surface area contributed by atoms with Crippen LogP contribution in [0.25, 0.3) is 0 Å². The summed E-state index contributed by atoms with van der Waals surface area (Å²) in [6.07, 6.45) is -2.24. The van der Waals surface area contributed by atoms with Gasteiger partial charge < -0.3 is 14.2 Å². The number of carbonyl (C=O) groups is 2. The van der Waals surface area contributed by atoms with E-state index >= 15 is 0 Å². The molecule has 0 amide bonds. The molecule has 1 fully saturated rings. The summed E-state index contributed by atoms with van der Waals surface area (Å²) in [7, 11) is 0. The van der Waals surface area contributed by atoms with Crippen LogP contribution in [-0.4, -0.2) is 39.8 Å². The molecule has 0 radical (unpaired) electrons. The summed E-state index contributed by atoms with van der Waals surface area (Å²) in [6.45, 7) is 4.04. The first-order valence-corrected chi connectivity index (χ1v) is 6.61. The predicted octanol–water partition coefficient (Wildman–Crippen LogP) is -0.683. The predicted molar refractivity (Wildman–Crippen MR) is 72.0 cm³/mol. The summed E-state index contributed by atoms with van der Waals surface area (Å²) in [5, 5.41) is 0. The highest BCUT2D eigenvalue weighted by molar-refractivity contribution is 5.67. The molecular formula is C13H16N2O7. The van der Waals surface area contributed by atoms with Crippen LogP contribution in [0, 0.1) is 0 Å². The molecule has 4 atom stereocenters. The van der Waals surface area contributed by atoms with Crippen molar-refractivity contribution >= 4 is 11.9 Å². The van der Waals surface area contributed by atoms with E-state index in [0.717, 1.165) is 10.6 Å². The van der Waals surface area contributed by atoms with Crippen molar-refractivity contribution in [2.24, 2.45) is 0 Å². The largest absolute Gasteiger partial charge is 0.456 e. The van der Waals surface area contributed by atoms with Crippen LogP contribution >= 0.6 is 0 Å². The number of ether oxygens (including phenoxy) is 3. The fraction of sp³-hybridized carbons (Fsp3) is 0.538. The summed E-state index contributed by atoms with van der Waals surface area (Å²) >= 11 is 0. The van der Waals surface area contributed by atoms with Gasteiger partial charge in [-0.25, -0.2) is 4.79 Å². The van der Waals surface area contributed by atoms with Crippen LogP contribution < -0.4 is 11.2 Å². The molecule has 22 heavy (non-hydrogen) atoms. The molecule has 1 N–H and O–H groups in total. The van der Waals surface area contributed by atoms with Crippen LogP contribution in [0.5, 0.6) is 0 Å². The van der Waals surface area contributed by atoms with Crippen molar-refractivity contribution < 1.29 is 23.8 Å². The second-order valence-corrected chi connectivity index (χ2v) is 4.90. The molecular weight excluding hydrogens is 296 g/mol. The van der Waals surface area contributed by atoms with E-state index in [1.807, 2.05) is 0 Å². The SMILES string of the molecule is CC(=O)O[C@@H]1[C@H](OC(C)=O)[C@@H](C)O[C@H]1n1ccc(=O)[nH]c1=O. The first kappa shape index (κ1) is 16.0. The Morgan fingerprint density at radius 1 is 1.18 bits per heavy atom. The molecule has 2 rings (SSSR count). The molecule has 0 aromatic carbocycles. The Balaban J connectivity index is 2.40. The molecule has 9 heteroatoms. The zero-order chi connectivity index (χ0) is 16.4. The van der Waals surface area contributed by atoms with Crippen molar-refractivity contribution in [3.05, 3.63) is 33.1 Å². The van der Waals surface area contributed by atoms with Gasteiger partial charge >= 0.3 is 17.6 Å². The van der Waals surface area contributed by atoms with Crippen molar-refractivity contribution in [3.8, 4) is 0 Å². The minimum Gasteiger partial charge on any atom is -0.456 e. The van der Waals surface area contributed by atoms with E-state index in [1.165, 1.54) is 20.0 Å². The number of esters is 2. The Labute approximate surface area is 124 Å². The van der Waals surface area contributed by atoms with Crippen LogP contribution in [0.15, 0.2) is 21.9 Å². The normalized spacial score (nSPS) is 27.4. The lowest BCUT2D eigenvalue weighted by molar-refractivity contribution is -0.165. The van der Waals surface area contributed by atoms with Gasteiger partial charge in [0.2, 0.25) is 0 Å². The van der Waals surface area contributed by atoms with Crippen LogP contribution in [0.2, 0.25) is 0 Å². The van der Waals surface area contributed by atoms with E-state index in [2.05, 4.69) is 4.98 Å². The summed E-state index contributed by atoms with van der Waals surface area (Å²) in [5.74, 6) is -1.17. The second kappa shape index (κ2) is 6.14. The molecule has 1 aliphatic heterocycles. The quantitative estimate of drug-likeness (QED) is 0.735. The van der Waals surface area contributed by atoms with E-state index in [1.54, 1.807) is 6.92 Å². The van der Waals surface area contributed by atoms with E-state index in [-0.39, 0.29) is 0 Å². The standard InChI is InChI=1S/C13H16N2O7/c1-6-10(21-7(2)16)11(22-8(3)17)12(20-6)15-5-4-9(18)14-13(15)19/h4-6,10-12H,1-3H3,(H,14,18,19)/t6-,10-,11-,12-/m1/s1. The Morgan fingerprint density at radius 3 is 2.32 bits per heavy atom.